The van der Waals surface area contributed by atoms with Crippen LogP contribution in [0.3, 0.4) is 0 Å². The lowest BCUT2D eigenvalue weighted by atomic mass is 9.85. The minimum absolute atomic E-state index is 0.473. The highest BCUT2D eigenvalue weighted by Crippen LogP contribution is 2.42. The summed E-state index contributed by atoms with van der Waals surface area (Å²) >= 11 is 0. The third-order valence-electron chi connectivity index (χ3n) is 4.80. The molecule has 0 unspecified atom stereocenters. The van der Waals surface area contributed by atoms with Crippen molar-refractivity contribution in [3.8, 4) is 12.1 Å². The Morgan fingerprint density at radius 1 is 0.900 bits per heavy atom. The number of rotatable bonds is 0. The molecule has 1 fully saturated rings. The van der Waals surface area contributed by atoms with Crippen molar-refractivity contribution in [2.75, 3.05) is 23.9 Å². The van der Waals surface area contributed by atoms with Crippen molar-refractivity contribution < 1.29 is 0 Å². The average molecular weight is 266 g/mol. The molecule has 1 heterocycles. The Morgan fingerprint density at radius 3 is 1.65 bits per heavy atom. The highest BCUT2D eigenvalue weighted by Gasteiger charge is 2.37. The number of nitrogens with zero attached hydrogens (tertiary/aromatic N) is 4. The fourth-order valence-electron chi connectivity index (χ4n) is 3.68. The number of likely N-dealkylation sites (N-methyl/N-ethyl adjacent to an activating group) is 2. The van der Waals surface area contributed by atoms with E-state index in [4.69, 9.17) is 0 Å². The van der Waals surface area contributed by atoms with Crippen molar-refractivity contribution in [2.24, 2.45) is 0 Å². The van der Waals surface area contributed by atoms with Crippen molar-refractivity contribution in [1.82, 2.24) is 0 Å². The van der Waals surface area contributed by atoms with Gasteiger partial charge in [0.05, 0.1) is 22.5 Å². The minimum Gasteiger partial charge on any atom is -0.368 e. The Labute approximate surface area is 119 Å². The van der Waals surface area contributed by atoms with Gasteiger partial charge in [0.15, 0.2) is 0 Å². The summed E-state index contributed by atoms with van der Waals surface area (Å²) in [6, 6.07) is 9.04. The minimum atomic E-state index is 0.473. The van der Waals surface area contributed by atoms with Gasteiger partial charge in [-0.2, -0.15) is 10.5 Å². The molecule has 0 amide bonds. The van der Waals surface area contributed by atoms with Crippen LogP contribution < -0.4 is 9.80 Å². The topological polar surface area (TPSA) is 54.1 Å². The zero-order valence-electron chi connectivity index (χ0n) is 11.9. The van der Waals surface area contributed by atoms with Gasteiger partial charge in [0.1, 0.15) is 12.1 Å². The molecular weight excluding hydrogens is 248 g/mol. The second-order valence-electron chi connectivity index (χ2n) is 5.75. The molecule has 4 heteroatoms. The van der Waals surface area contributed by atoms with E-state index in [9.17, 15) is 10.5 Å². The van der Waals surface area contributed by atoms with Crippen LogP contribution in [-0.4, -0.2) is 26.2 Å². The largest absolute Gasteiger partial charge is 0.368 e. The van der Waals surface area contributed by atoms with E-state index in [0.717, 1.165) is 11.4 Å². The molecule has 1 aliphatic heterocycles. The van der Waals surface area contributed by atoms with E-state index in [0.29, 0.717) is 23.2 Å². The first kappa shape index (κ1) is 12.8. The molecule has 4 nitrogen and oxygen atoms in total. The first-order valence-corrected chi connectivity index (χ1v) is 7.11. The third kappa shape index (κ3) is 1.72. The average Bonchev–Trinajstić information content (AvgIpc) is 2.51. The lowest BCUT2D eigenvalue weighted by Gasteiger charge is -2.50. The van der Waals surface area contributed by atoms with E-state index in [1.54, 1.807) is 0 Å². The second kappa shape index (κ2) is 4.72. The molecule has 20 heavy (non-hydrogen) atoms. The molecule has 1 aromatic carbocycles. The van der Waals surface area contributed by atoms with Crippen molar-refractivity contribution >= 4 is 11.4 Å². The van der Waals surface area contributed by atoms with Crippen LogP contribution >= 0.6 is 0 Å². The van der Waals surface area contributed by atoms with E-state index in [2.05, 4.69) is 36.0 Å². The van der Waals surface area contributed by atoms with Crippen LogP contribution in [0.2, 0.25) is 0 Å². The fourth-order valence-corrected chi connectivity index (χ4v) is 3.68. The van der Waals surface area contributed by atoms with Crippen LogP contribution in [0.1, 0.15) is 36.8 Å². The molecule has 0 spiro atoms. The molecule has 0 radical (unpaired) electrons. The highest BCUT2D eigenvalue weighted by atomic mass is 15.3. The lowest BCUT2D eigenvalue weighted by molar-refractivity contribution is 0.354. The number of benzene rings is 1. The predicted octanol–water partition coefficient (Wildman–Crippen LogP) is 2.63. The van der Waals surface area contributed by atoms with Gasteiger partial charge < -0.3 is 9.80 Å². The normalized spacial score (nSPS) is 24.4. The van der Waals surface area contributed by atoms with E-state index in [-0.39, 0.29) is 0 Å². The van der Waals surface area contributed by atoms with Gasteiger partial charge in [0.25, 0.3) is 0 Å². The SMILES string of the molecule is CN1c2cc(C#N)c(C#N)cc2N(C)[C@@H]2CCCC[C@H]21. The Bertz CT molecular complexity index is 568. The summed E-state index contributed by atoms with van der Waals surface area (Å²) < 4.78 is 0. The maximum atomic E-state index is 9.20. The van der Waals surface area contributed by atoms with Crippen LogP contribution in [0, 0.1) is 22.7 Å². The molecule has 0 bridgehead atoms. The molecular formula is C16H18N4. The molecule has 102 valence electrons. The number of nitriles is 2. The monoisotopic (exact) mass is 266 g/mol. The first-order valence-electron chi connectivity index (χ1n) is 7.11. The Kier molecular flexibility index (Phi) is 3.03. The Morgan fingerprint density at radius 2 is 1.30 bits per heavy atom. The second-order valence-corrected chi connectivity index (χ2v) is 5.75. The molecule has 0 aromatic heterocycles. The summed E-state index contributed by atoms with van der Waals surface area (Å²) in [5, 5.41) is 18.4. The van der Waals surface area contributed by atoms with Crippen molar-refractivity contribution in [1.29, 1.82) is 10.5 Å². The van der Waals surface area contributed by atoms with Crippen molar-refractivity contribution in [3.05, 3.63) is 23.3 Å². The smallest absolute Gasteiger partial charge is 0.101 e. The number of hydrogen-bond donors (Lipinski definition) is 0. The molecule has 0 N–H and O–H groups in total. The third-order valence-corrected chi connectivity index (χ3v) is 4.80. The zero-order chi connectivity index (χ0) is 14.3. The molecule has 1 aromatic rings. The Hall–Kier alpha value is -2.20. The number of hydrogen-bond acceptors (Lipinski definition) is 4. The van der Waals surface area contributed by atoms with Gasteiger partial charge in [-0.05, 0) is 25.0 Å². The van der Waals surface area contributed by atoms with Crippen LogP contribution in [0.25, 0.3) is 0 Å². The summed E-state index contributed by atoms with van der Waals surface area (Å²) in [7, 11) is 4.23. The van der Waals surface area contributed by atoms with Gasteiger partial charge in [-0.1, -0.05) is 12.8 Å². The molecule has 3 rings (SSSR count). The maximum absolute atomic E-state index is 9.20. The van der Waals surface area contributed by atoms with E-state index in [1.807, 2.05) is 12.1 Å². The first-order chi connectivity index (χ1) is 9.67. The van der Waals surface area contributed by atoms with Crippen molar-refractivity contribution in [3.63, 3.8) is 0 Å². The summed E-state index contributed by atoms with van der Waals surface area (Å²) in [6.45, 7) is 0. The van der Waals surface area contributed by atoms with Gasteiger partial charge in [0, 0.05) is 26.2 Å². The van der Waals surface area contributed by atoms with Crippen molar-refractivity contribution in [2.45, 2.75) is 37.8 Å². The van der Waals surface area contributed by atoms with Crippen LogP contribution in [-0.2, 0) is 0 Å². The van der Waals surface area contributed by atoms with Crippen LogP contribution in [0.15, 0.2) is 12.1 Å². The summed E-state index contributed by atoms with van der Waals surface area (Å²) in [5.74, 6) is 0. The fraction of sp³-hybridized carbons (Fsp3) is 0.500. The van der Waals surface area contributed by atoms with E-state index < -0.39 is 0 Å². The molecule has 0 saturated heterocycles. The lowest BCUT2D eigenvalue weighted by Crippen LogP contribution is -2.55. The van der Waals surface area contributed by atoms with Crippen LogP contribution in [0.4, 0.5) is 11.4 Å². The summed E-state index contributed by atoms with van der Waals surface area (Å²) in [4.78, 5) is 4.61. The maximum Gasteiger partial charge on any atom is 0.101 e. The molecule has 1 saturated carbocycles. The quantitative estimate of drug-likeness (QED) is 0.724. The molecule has 2 atom stereocenters. The molecule has 2 aliphatic rings. The van der Waals surface area contributed by atoms with Crippen LogP contribution in [0.5, 0.6) is 0 Å². The standard InChI is InChI=1S/C16H18N4/c1-19-13-5-3-4-6-14(13)20(2)16-8-12(10-18)11(9-17)7-15(16)19/h7-8,13-14H,3-6H2,1-2H3/t13-,14-/m1/s1. The van der Waals surface area contributed by atoms with Gasteiger partial charge >= 0.3 is 0 Å². The number of fused-ring (bicyclic) bond motifs is 2. The van der Waals surface area contributed by atoms with E-state index >= 15 is 0 Å². The highest BCUT2D eigenvalue weighted by molar-refractivity contribution is 5.78. The Balaban J connectivity index is 2.15. The van der Waals surface area contributed by atoms with Gasteiger partial charge in [-0.3, -0.25) is 0 Å². The zero-order valence-corrected chi connectivity index (χ0v) is 11.9. The summed E-state index contributed by atoms with van der Waals surface area (Å²) in [6.07, 6.45) is 4.95. The van der Waals surface area contributed by atoms with E-state index in [1.165, 1.54) is 25.7 Å². The van der Waals surface area contributed by atoms with Gasteiger partial charge in [0.2, 0.25) is 0 Å². The molecule has 1 aliphatic carbocycles. The summed E-state index contributed by atoms with van der Waals surface area (Å²) in [5.41, 5.74) is 3.10. The number of anilines is 2. The van der Waals surface area contributed by atoms with Gasteiger partial charge in [-0.15, -0.1) is 0 Å². The predicted molar refractivity (Wildman–Crippen MR) is 78.7 cm³/mol. The van der Waals surface area contributed by atoms with Gasteiger partial charge in [-0.25, -0.2) is 0 Å².